The number of benzene rings is 13. The molecule has 0 bridgehead atoms. The molecule has 404 valence electrons. The van der Waals surface area contributed by atoms with Gasteiger partial charge in [-0.2, -0.15) is 0 Å². The first kappa shape index (κ1) is 47.8. The third-order valence-corrected chi connectivity index (χ3v) is 29.3. The first-order valence-electron chi connectivity index (χ1n) is 29.1. The number of hydrogen-bond donors (Lipinski definition) is 0. The molecule has 4 aliphatic heterocycles. The van der Waals surface area contributed by atoms with E-state index < -0.39 is 18.7 Å². The predicted octanol–water partition coefficient (Wildman–Crippen LogP) is 17.7. The maximum atomic E-state index is 12.8. The Bertz CT molecular complexity index is 5500. The molecule has 0 amide bonds. The van der Waals surface area contributed by atoms with Crippen molar-refractivity contribution in [2.75, 3.05) is 4.90 Å². The normalized spacial score (nSPS) is 15.5. The molecule has 86 heavy (non-hydrogen) atoms. The number of anilines is 3. The summed E-state index contributed by atoms with van der Waals surface area (Å²) in [6.45, 7) is 4.29. The van der Waals surface area contributed by atoms with E-state index in [1.165, 1.54) is 0 Å². The number of aryl methyl sites for hydroxylation is 2. The number of hydrogen-bond acceptors (Lipinski definition) is 7. The monoisotopic (exact) mass is 1170 g/mol. The Morgan fingerprint density at radius 1 is 0.430 bits per heavy atom. The molecule has 0 radical (unpaired) electrons. The molecule has 8 nitrogen and oxygen atoms in total. The standard InChI is InChI=1S/C77H46GeN2O6/c1-43-21-29-63-61(33-43)77(51-17-5-3-6-18-51,52-19-7-4-8-20-52)62-42-56(50-23-32-66-58(39-50)60-37-46-14-10-12-16-48(46)41-68(60)84-66)76-73-74(62)79(63)64-30-28-55(49-22-31-65-57(38-49)59-36-45-13-9-11-15-47(45)40-67(59)83-65)75-71(64)78(73,53-24-26-54(27-25-53)80(81)82)72-69(85-75)34-44(2)35-70(72)86-76/h3-42H,1-2H3. The first-order chi connectivity index (χ1) is 42.2. The van der Waals surface area contributed by atoms with Crippen molar-refractivity contribution in [2.24, 2.45) is 0 Å². The zero-order chi connectivity index (χ0) is 56.9. The third kappa shape index (κ3) is 6.17. The number of ether oxygens (including phenoxy) is 2. The molecular formula is C77H46GeN2O6. The number of nitro benzene ring substituents is 1. The molecule has 15 aromatic rings. The Balaban J connectivity index is 1.00. The van der Waals surface area contributed by atoms with Gasteiger partial charge in [-0.05, 0) is 0 Å². The van der Waals surface area contributed by atoms with E-state index in [9.17, 15) is 10.1 Å². The van der Waals surface area contributed by atoms with E-state index in [1.807, 2.05) is 12.1 Å². The van der Waals surface area contributed by atoms with Crippen molar-refractivity contribution in [1.82, 2.24) is 0 Å². The number of non-ortho nitro benzene ring substituents is 1. The average Bonchev–Trinajstić information content (AvgIpc) is 0.783. The van der Waals surface area contributed by atoms with Crippen LogP contribution in [0.15, 0.2) is 251 Å². The molecule has 0 spiro atoms. The summed E-state index contributed by atoms with van der Waals surface area (Å²) in [4.78, 5) is 15.0. The van der Waals surface area contributed by atoms with Crippen molar-refractivity contribution in [2.45, 2.75) is 19.3 Å². The second-order valence-electron chi connectivity index (χ2n) is 23.6. The fraction of sp³-hybridized carbons (Fsp3) is 0.0390. The van der Waals surface area contributed by atoms with Crippen molar-refractivity contribution in [1.29, 1.82) is 0 Å². The quantitative estimate of drug-likeness (QED) is 0.0930. The Morgan fingerprint density at radius 2 is 0.953 bits per heavy atom. The fourth-order valence-corrected chi connectivity index (χ4v) is 27.0. The third-order valence-electron chi connectivity index (χ3n) is 19.0. The fourth-order valence-electron chi connectivity index (χ4n) is 15.5. The van der Waals surface area contributed by atoms with Gasteiger partial charge in [-0.25, -0.2) is 0 Å². The second-order valence-corrected chi connectivity index (χ2v) is 31.1. The number of nitrogens with zero attached hydrogens (tertiary/aromatic N) is 2. The molecule has 6 heterocycles. The molecule has 9 heteroatoms. The van der Waals surface area contributed by atoms with Gasteiger partial charge < -0.3 is 0 Å². The molecule has 0 saturated carbocycles. The average molecular weight is 1170 g/mol. The van der Waals surface area contributed by atoms with Gasteiger partial charge in [-0.3, -0.25) is 0 Å². The van der Waals surface area contributed by atoms with Gasteiger partial charge in [0.25, 0.3) is 0 Å². The first-order valence-corrected chi connectivity index (χ1v) is 33.3. The van der Waals surface area contributed by atoms with Gasteiger partial charge in [0, 0.05) is 0 Å². The Morgan fingerprint density at radius 3 is 1.53 bits per heavy atom. The summed E-state index contributed by atoms with van der Waals surface area (Å²) in [6.07, 6.45) is 0. The topological polar surface area (TPSA) is 91.1 Å². The van der Waals surface area contributed by atoms with Crippen molar-refractivity contribution in [3.05, 3.63) is 286 Å². The second kappa shape index (κ2) is 17.0. The SMILES string of the molecule is Cc1cc2[c]3c(c1)Oc1c(-c4ccc5oc6cc7ccccc7cc6c5c4)cc4c5[c]1[Ge]3([c]1ccc([N+](=O)[O-])cc1)[c]1c(ccc(-c3ccc6oc7cc8ccccc8cc7c6c3)c1O2)N5c1ccc(C)cc1C4(c1ccccc1)c1ccccc1. The van der Waals surface area contributed by atoms with Crippen LogP contribution < -0.4 is 32.0 Å². The van der Waals surface area contributed by atoms with E-state index in [2.05, 4.69) is 237 Å². The molecule has 0 aliphatic carbocycles. The minimum atomic E-state index is -4.80. The summed E-state index contributed by atoms with van der Waals surface area (Å²) >= 11 is -4.80. The van der Waals surface area contributed by atoms with Crippen LogP contribution in [0.5, 0.6) is 23.0 Å². The van der Waals surface area contributed by atoms with Crippen LogP contribution in [0.25, 0.3) is 87.7 Å². The number of fused-ring (bicyclic) bond motifs is 11. The molecule has 19 rings (SSSR count). The molecule has 13 aromatic carbocycles. The number of rotatable bonds is 6. The van der Waals surface area contributed by atoms with Crippen molar-refractivity contribution in [3.8, 4) is 45.3 Å². The van der Waals surface area contributed by atoms with E-state index in [0.717, 1.165) is 179 Å². The summed E-state index contributed by atoms with van der Waals surface area (Å²) in [5, 5.41) is 21.4. The van der Waals surface area contributed by atoms with Crippen LogP contribution in [-0.4, -0.2) is 18.2 Å². The number of nitro groups is 1. The van der Waals surface area contributed by atoms with Gasteiger partial charge in [-0.15, -0.1) is 0 Å². The van der Waals surface area contributed by atoms with Gasteiger partial charge in [0.2, 0.25) is 0 Å². The predicted molar refractivity (Wildman–Crippen MR) is 347 cm³/mol. The van der Waals surface area contributed by atoms with Gasteiger partial charge in [0.1, 0.15) is 0 Å². The van der Waals surface area contributed by atoms with Crippen LogP contribution in [0.4, 0.5) is 22.7 Å². The molecule has 4 aliphatic rings. The molecule has 1 atom stereocenters. The molecule has 0 saturated heterocycles. The Hall–Kier alpha value is -10.7. The van der Waals surface area contributed by atoms with E-state index in [1.54, 1.807) is 12.1 Å². The van der Waals surface area contributed by atoms with Crippen molar-refractivity contribution in [3.63, 3.8) is 0 Å². The molecule has 2 aromatic heterocycles. The summed E-state index contributed by atoms with van der Waals surface area (Å²) in [5.41, 5.74) is 15.9. The summed E-state index contributed by atoms with van der Waals surface area (Å²) in [7, 11) is 0. The number of furan rings is 2. The zero-order valence-electron chi connectivity index (χ0n) is 46.4. The van der Waals surface area contributed by atoms with Crippen LogP contribution in [-0.2, 0) is 5.41 Å². The van der Waals surface area contributed by atoms with Gasteiger partial charge in [0.05, 0.1) is 0 Å². The van der Waals surface area contributed by atoms with Crippen LogP contribution in [0.3, 0.4) is 0 Å². The van der Waals surface area contributed by atoms with Crippen LogP contribution in [0.2, 0.25) is 0 Å². The summed E-state index contributed by atoms with van der Waals surface area (Å²) in [6, 6.07) is 86.4. The van der Waals surface area contributed by atoms with Gasteiger partial charge >= 0.3 is 498 Å². The zero-order valence-corrected chi connectivity index (χ0v) is 48.5. The van der Waals surface area contributed by atoms with Crippen LogP contribution in [0.1, 0.15) is 33.4 Å². The van der Waals surface area contributed by atoms with Crippen molar-refractivity contribution >= 4 is 119 Å². The minimum absolute atomic E-state index is 0.0261. The maximum absolute atomic E-state index is 12.8. The van der Waals surface area contributed by atoms with Gasteiger partial charge in [0.15, 0.2) is 0 Å². The Labute approximate surface area is 494 Å². The Kier molecular flexibility index (Phi) is 9.44. The van der Waals surface area contributed by atoms with Crippen LogP contribution in [0, 0.1) is 24.0 Å². The van der Waals surface area contributed by atoms with Gasteiger partial charge in [-0.1, -0.05) is 0 Å². The molecule has 1 unspecified atom stereocenters. The molecule has 0 N–H and O–H groups in total. The van der Waals surface area contributed by atoms with E-state index in [-0.39, 0.29) is 10.6 Å². The van der Waals surface area contributed by atoms with E-state index in [4.69, 9.17) is 18.3 Å². The van der Waals surface area contributed by atoms with Crippen LogP contribution >= 0.6 is 0 Å². The van der Waals surface area contributed by atoms with Crippen molar-refractivity contribution < 1.29 is 23.2 Å². The van der Waals surface area contributed by atoms with E-state index in [0.29, 0.717) is 0 Å². The summed E-state index contributed by atoms with van der Waals surface area (Å²) < 4.78 is 33.2. The molecular weight excluding hydrogens is 1120 g/mol. The molecule has 0 fully saturated rings. The summed E-state index contributed by atoms with van der Waals surface area (Å²) in [5.74, 6) is 2.99. The van der Waals surface area contributed by atoms with E-state index >= 15 is 0 Å².